The summed E-state index contributed by atoms with van der Waals surface area (Å²) in [4.78, 5) is 12.4. The van der Waals surface area contributed by atoms with Crippen LogP contribution in [0.3, 0.4) is 0 Å². The Hall–Kier alpha value is -1.37. The summed E-state index contributed by atoms with van der Waals surface area (Å²) in [6, 6.07) is 9.63. The SMILES string of the molecule is CCC(=O)NC[C@@H](c1cccs1)S(=O)(=O)c1ccc(Cl)cc1. The van der Waals surface area contributed by atoms with Crippen LogP contribution in [0.1, 0.15) is 23.5 Å². The van der Waals surface area contributed by atoms with Crippen LogP contribution in [0.5, 0.6) is 0 Å². The van der Waals surface area contributed by atoms with Gasteiger partial charge in [0.05, 0.1) is 4.90 Å². The van der Waals surface area contributed by atoms with Crippen molar-refractivity contribution in [3.05, 3.63) is 51.7 Å². The van der Waals surface area contributed by atoms with Crippen molar-refractivity contribution >= 4 is 38.7 Å². The van der Waals surface area contributed by atoms with Crippen molar-refractivity contribution in [2.75, 3.05) is 6.54 Å². The van der Waals surface area contributed by atoms with E-state index < -0.39 is 15.1 Å². The van der Waals surface area contributed by atoms with Gasteiger partial charge in [0.2, 0.25) is 5.91 Å². The second kappa shape index (κ2) is 7.26. The van der Waals surface area contributed by atoms with Crippen molar-refractivity contribution in [3.63, 3.8) is 0 Å². The molecule has 1 N–H and O–H groups in total. The van der Waals surface area contributed by atoms with Gasteiger partial charge in [-0.25, -0.2) is 8.42 Å². The van der Waals surface area contributed by atoms with E-state index in [-0.39, 0.29) is 17.3 Å². The molecule has 1 atom stereocenters. The zero-order valence-electron chi connectivity index (χ0n) is 12.0. The molecule has 0 aliphatic carbocycles. The maximum absolute atomic E-state index is 12.9. The number of carbonyl (C=O) groups excluding carboxylic acids is 1. The van der Waals surface area contributed by atoms with Crippen molar-refractivity contribution in [2.24, 2.45) is 0 Å². The fourth-order valence-corrected chi connectivity index (χ4v) is 4.87. The minimum absolute atomic E-state index is 0.0537. The molecule has 1 aromatic heterocycles. The smallest absolute Gasteiger partial charge is 0.219 e. The highest BCUT2D eigenvalue weighted by molar-refractivity contribution is 7.91. The van der Waals surface area contributed by atoms with Gasteiger partial charge in [-0.3, -0.25) is 4.79 Å². The Morgan fingerprint density at radius 3 is 2.50 bits per heavy atom. The number of halogens is 1. The van der Waals surface area contributed by atoms with Gasteiger partial charge in [0.1, 0.15) is 5.25 Å². The number of carbonyl (C=O) groups is 1. The Bertz CT molecular complexity index is 725. The number of amides is 1. The first-order valence-electron chi connectivity index (χ1n) is 6.74. The van der Waals surface area contributed by atoms with E-state index in [2.05, 4.69) is 5.32 Å². The van der Waals surface area contributed by atoms with E-state index in [4.69, 9.17) is 11.6 Å². The summed E-state index contributed by atoms with van der Waals surface area (Å²) >= 11 is 7.17. The number of sulfone groups is 1. The molecular weight excluding hydrogens is 342 g/mol. The molecule has 1 amide bonds. The molecule has 0 spiro atoms. The van der Waals surface area contributed by atoms with Crippen LogP contribution in [-0.2, 0) is 14.6 Å². The average Bonchev–Trinajstić information content (AvgIpc) is 3.01. The lowest BCUT2D eigenvalue weighted by molar-refractivity contribution is -0.120. The fraction of sp³-hybridized carbons (Fsp3) is 0.267. The molecule has 0 fully saturated rings. The van der Waals surface area contributed by atoms with Gasteiger partial charge in [-0.1, -0.05) is 24.6 Å². The van der Waals surface area contributed by atoms with Crippen LogP contribution < -0.4 is 5.32 Å². The summed E-state index contributed by atoms with van der Waals surface area (Å²) in [6.07, 6.45) is 0.318. The Kier molecular flexibility index (Phi) is 5.61. The van der Waals surface area contributed by atoms with E-state index in [1.54, 1.807) is 31.2 Å². The predicted octanol–water partition coefficient (Wildman–Crippen LogP) is 3.44. The lowest BCUT2D eigenvalue weighted by Gasteiger charge is -2.17. The van der Waals surface area contributed by atoms with Gasteiger partial charge in [0, 0.05) is 22.9 Å². The molecule has 0 aliphatic rings. The number of hydrogen-bond acceptors (Lipinski definition) is 4. The van der Waals surface area contributed by atoms with Crippen molar-refractivity contribution in [2.45, 2.75) is 23.5 Å². The summed E-state index contributed by atoms with van der Waals surface area (Å²) in [6.45, 7) is 1.78. The van der Waals surface area contributed by atoms with Crippen molar-refractivity contribution in [1.82, 2.24) is 5.32 Å². The third-order valence-corrected chi connectivity index (χ3v) is 6.67. The number of rotatable bonds is 6. The molecule has 0 aliphatic heterocycles. The maximum Gasteiger partial charge on any atom is 0.219 e. The van der Waals surface area contributed by atoms with E-state index in [0.29, 0.717) is 16.3 Å². The Morgan fingerprint density at radius 2 is 1.95 bits per heavy atom. The fourth-order valence-electron chi connectivity index (χ4n) is 1.96. The monoisotopic (exact) mass is 357 g/mol. The Balaban J connectivity index is 2.35. The minimum atomic E-state index is -3.61. The number of thiophene rings is 1. The van der Waals surface area contributed by atoms with Gasteiger partial charge < -0.3 is 5.32 Å². The van der Waals surface area contributed by atoms with E-state index in [9.17, 15) is 13.2 Å². The molecule has 118 valence electrons. The van der Waals surface area contributed by atoms with Crippen LogP contribution in [0, 0.1) is 0 Å². The van der Waals surface area contributed by atoms with Gasteiger partial charge in [0.25, 0.3) is 0 Å². The Labute approximate surface area is 139 Å². The average molecular weight is 358 g/mol. The van der Waals surface area contributed by atoms with Gasteiger partial charge in [-0.05, 0) is 35.7 Å². The van der Waals surface area contributed by atoms with Crippen LogP contribution in [-0.4, -0.2) is 20.9 Å². The highest BCUT2D eigenvalue weighted by Crippen LogP contribution is 2.31. The van der Waals surface area contributed by atoms with Crippen molar-refractivity contribution < 1.29 is 13.2 Å². The molecule has 4 nitrogen and oxygen atoms in total. The largest absolute Gasteiger partial charge is 0.354 e. The standard InChI is InChI=1S/C15H16ClNO3S2/c1-2-15(18)17-10-14(13-4-3-9-21-13)22(19,20)12-7-5-11(16)6-8-12/h3-9,14H,2,10H2,1H3,(H,17,18)/t14-/m0/s1. The first-order chi connectivity index (χ1) is 10.4. The molecule has 2 rings (SSSR count). The molecule has 0 saturated heterocycles. The van der Waals surface area contributed by atoms with Crippen LogP contribution >= 0.6 is 22.9 Å². The van der Waals surface area contributed by atoms with Crippen LogP contribution in [0.4, 0.5) is 0 Å². The molecule has 0 bridgehead atoms. The van der Waals surface area contributed by atoms with Crippen molar-refractivity contribution in [1.29, 1.82) is 0 Å². The third kappa shape index (κ3) is 3.88. The summed E-state index contributed by atoms with van der Waals surface area (Å²) in [5, 5.41) is 4.17. The molecule has 0 unspecified atom stereocenters. The number of benzene rings is 1. The van der Waals surface area contributed by atoms with E-state index in [1.807, 2.05) is 5.38 Å². The molecule has 1 heterocycles. The number of nitrogens with one attached hydrogen (secondary N) is 1. The van der Waals surface area contributed by atoms with E-state index >= 15 is 0 Å². The minimum Gasteiger partial charge on any atom is -0.354 e. The lowest BCUT2D eigenvalue weighted by atomic mass is 10.3. The molecule has 22 heavy (non-hydrogen) atoms. The second-order valence-electron chi connectivity index (χ2n) is 4.66. The third-order valence-electron chi connectivity index (χ3n) is 3.18. The first kappa shape index (κ1) is 17.0. The summed E-state index contributed by atoms with van der Waals surface area (Å²) < 4.78 is 25.7. The Morgan fingerprint density at radius 1 is 1.27 bits per heavy atom. The topological polar surface area (TPSA) is 63.2 Å². The molecule has 7 heteroatoms. The highest BCUT2D eigenvalue weighted by atomic mass is 35.5. The van der Waals surface area contributed by atoms with Crippen LogP contribution in [0.15, 0.2) is 46.7 Å². The zero-order valence-corrected chi connectivity index (χ0v) is 14.3. The normalized spacial score (nSPS) is 12.8. The summed E-state index contributed by atoms with van der Waals surface area (Å²) in [5.41, 5.74) is 0. The molecule has 2 aromatic rings. The zero-order chi connectivity index (χ0) is 16.2. The molecular formula is C15H16ClNO3S2. The van der Waals surface area contributed by atoms with E-state index in [1.165, 1.54) is 23.5 Å². The second-order valence-corrected chi connectivity index (χ2v) is 8.21. The quantitative estimate of drug-likeness (QED) is 0.861. The summed E-state index contributed by atoms with van der Waals surface area (Å²) in [7, 11) is -3.61. The van der Waals surface area contributed by atoms with Gasteiger partial charge >= 0.3 is 0 Å². The maximum atomic E-state index is 12.9. The molecule has 0 radical (unpaired) electrons. The van der Waals surface area contributed by atoms with Gasteiger partial charge in [-0.2, -0.15) is 0 Å². The number of hydrogen-bond donors (Lipinski definition) is 1. The summed E-state index contributed by atoms with van der Waals surface area (Å²) in [5.74, 6) is -0.173. The van der Waals surface area contributed by atoms with Crippen LogP contribution in [0.25, 0.3) is 0 Å². The lowest BCUT2D eigenvalue weighted by Crippen LogP contribution is -2.31. The molecule has 1 aromatic carbocycles. The van der Waals surface area contributed by atoms with Crippen LogP contribution in [0.2, 0.25) is 5.02 Å². The first-order valence-corrected chi connectivity index (χ1v) is 9.55. The van der Waals surface area contributed by atoms with Gasteiger partial charge in [0.15, 0.2) is 9.84 Å². The highest BCUT2D eigenvalue weighted by Gasteiger charge is 2.30. The van der Waals surface area contributed by atoms with E-state index in [0.717, 1.165) is 0 Å². The predicted molar refractivity (Wildman–Crippen MR) is 89.0 cm³/mol. The molecule has 0 saturated carbocycles. The van der Waals surface area contributed by atoms with Crippen molar-refractivity contribution in [3.8, 4) is 0 Å². The van der Waals surface area contributed by atoms with Gasteiger partial charge in [-0.15, -0.1) is 11.3 Å².